The molecule has 2 aromatic rings. The molecule has 1 radical (unpaired) electrons. The van der Waals surface area contributed by atoms with Gasteiger partial charge in [-0.3, -0.25) is 0 Å². The van der Waals surface area contributed by atoms with E-state index in [2.05, 4.69) is 19.1 Å². The molecule has 0 saturated carbocycles. The highest BCUT2D eigenvalue weighted by Gasteiger charge is 2.14. The fraction of sp³-hybridized carbons (Fsp3) is 0.250. The molecule has 2 aromatic carbocycles. The van der Waals surface area contributed by atoms with Gasteiger partial charge in [-0.15, -0.1) is 0 Å². The predicted octanol–water partition coefficient (Wildman–Crippen LogP) is 3.49. The summed E-state index contributed by atoms with van der Waals surface area (Å²) < 4.78 is 16.0. The summed E-state index contributed by atoms with van der Waals surface area (Å²) in [6.45, 7) is 2.05. The Kier molecular flexibility index (Phi) is 3.95. The van der Waals surface area contributed by atoms with Crippen molar-refractivity contribution in [2.75, 3.05) is 21.3 Å². The van der Waals surface area contributed by atoms with Crippen LogP contribution >= 0.6 is 0 Å². The van der Waals surface area contributed by atoms with Crippen LogP contribution in [0.4, 0.5) is 0 Å². The van der Waals surface area contributed by atoms with Crippen LogP contribution in [0.25, 0.3) is 11.1 Å². The van der Waals surface area contributed by atoms with Gasteiger partial charge < -0.3 is 14.2 Å². The molecular weight excluding hydrogens is 240 g/mol. The number of hydrogen-bond donors (Lipinski definition) is 0. The summed E-state index contributed by atoms with van der Waals surface area (Å²) >= 11 is 0. The molecule has 0 spiro atoms. The Morgan fingerprint density at radius 2 is 1.53 bits per heavy atom. The highest BCUT2D eigenvalue weighted by Crippen LogP contribution is 2.41. The van der Waals surface area contributed by atoms with Gasteiger partial charge in [-0.05, 0) is 36.2 Å². The predicted molar refractivity (Wildman–Crippen MR) is 75.1 cm³/mol. The van der Waals surface area contributed by atoms with E-state index >= 15 is 0 Å². The molecule has 3 heteroatoms. The third kappa shape index (κ3) is 2.65. The maximum Gasteiger partial charge on any atom is 0.203 e. The van der Waals surface area contributed by atoms with E-state index in [9.17, 15) is 0 Å². The summed E-state index contributed by atoms with van der Waals surface area (Å²) in [6, 6.07) is 13.1. The lowest BCUT2D eigenvalue weighted by Crippen LogP contribution is -1.95. The van der Waals surface area contributed by atoms with Crippen molar-refractivity contribution in [3.05, 3.63) is 42.0 Å². The lowest BCUT2D eigenvalue weighted by Gasteiger charge is -2.14. The third-order valence-corrected chi connectivity index (χ3v) is 2.93. The summed E-state index contributed by atoms with van der Waals surface area (Å²) in [5, 5.41) is 0. The molecular formula is C16H17O3. The average Bonchev–Trinajstić information content (AvgIpc) is 2.45. The lowest BCUT2D eigenvalue weighted by atomic mass is 10.0. The molecule has 0 fully saturated rings. The number of rotatable bonds is 4. The van der Waals surface area contributed by atoms with Crippen molar-refractivity contribution in [1.29, 1.82) is 0 Å². The van der Waals surface area contributed by atoms with E-state index in [0.717, 1.165) is 11.1 Å². The second kappa shape index (κ2) is 5.65. The Morgan fingerprint density at radius 3 is 2.00 bits per heavy atom. The van der Waals surface area contributed by atoms with Crippen LogP contribution in [0, 0.1) is 13.0 Å². The largest absolute Gasteiger partial charge is 0.493 e. The van der Waals surface area contributed by atoms with Crippen molar-refractivity contribution in [2.24, 2.45) is 0 Å². The normalized spacial score (nSPS) is 10.1. The smallest absolute Gasteiger partial charge is 0.203 e. The van der Waals surface area contributed by atoms with E-state index in [0.29, 0.717) is 17.2 Å². The van der Waals surface area contributed by atoms with Crippen LogP contribution < -0.4 is 14.2 Å². The number of ether oxygens (including phenoxy) is 3. The van der Waals surface area contributed by atoms with Crippen molar-refractivity contribution in [3.8, 4) is 28.4 Å². The molecule has 0 aromatic heterocycles. The molecule has 0 N–H and O–H groups in total. The fourth-order valence-corrected chi connectivity index (χ4v) is 1.98. The Hall–Kier alpha value is -2.16. The lowest BCUT2D eigenvalue weighted by molar-refractivity contribution is 0.324. The molecule has 0 bridgehead atoms. The third-order valence-electron chi connectivity index (χ3n) is 2.93. The van der Waals surface area contributed by atoms with Crippen LogP contribution in [-0.2, 0) is 0 Å². The summed E-state index contributed by atoms with van der Waals surface area (Å²) in [4.78, 5) is 0. The average molecular weight is 257 g/mol. The van der Waals surface area contributed by atoms with Gasteiger partial charge in [-0.1, -0.05) is 23.8 Å². The molecule has 3 nitrogen and oxygen atoms in total. The Bertz CT molecular complexity index is 551. The van der Waals surface area contributed by atoms with Crippen molar-refractivity contribution in [3.63, 3.8) is 0 Å². The summed E-state index contributed by atoms with van der Waals surface area (Å²) in [7, 11) is 4.82. The quantitative estimate of drug-likeness (QED) is 0.839. The van der Waals surface area contributed by atoms with Crippen LogP contribution in [0.1, 0.15) is 5.56 Å². The monoisotopic (exact) mass is 257 g/mol. The molecule has 0 heterocycles. The van der Waals surface area contributed by atoms with Gasteiger partial charge in [0.05, 0.1) is 21.3 Å². The zero-order chi connectivity index (χ0) is 13.8. The first-order valence-corrected chi connectivity index (χ1v) is 5.98. The molecule has 99 valence electrons. The van der Waals surface area contributed by atoms with Crippen molar-refractivity contribution < 1.29 is 14.2 Å². The minimum atomic E-state index is 0.599. The zero-order valence-electron chi connectivity index (χ0n) is 11.6. The van der Waals surface area contributed by atoms with Gasteiger partial charge in [-0.25, -0.2) is 0 Å². The van der Waals surface area contributed by atoms with Gasteiger partial charge in [0.25, 0.3) is 0 Å². The van der Waals surface area contributed by atoms with Crippen LogP contribution in [0.3, 0.4) is 0 Å². The van der Waals surface area contributed by atoms with Gasteiger partial charge in [-0.2, -0.15) is 0 Å². The molecule has 0 amide bonds. The number of aryl methyl sites for hydroxylation is 1. The van der Waals surface area contributed by atoms with Crippen LogP contribution in [-0.4, -0.2) is 21.3 Å². The highest BCUT2D eigenvalue weighted by atomic mass is 16.5. The SMILES string of the molecule is COc1cc(-c2[c]ccc(C)c2)cc(OC)c1OC. The van der Waals surface area contributed by atoms with Crippen molar-refractivity contribution in [2.45, 2.75) is 6.92 Å². The van der Waals surface area contributed by atoms with E-state index in [-0.39, 0.29) is 0 Å². The van der Waals surface area contributed by atoms with E-state index < -0.39 is 0 Å². The maximum atomic E-state index is 5.35. The van der Waals surface area contributed by atoms with Crippen LogP contribution in [0.15, 0.2) is 30.3 Å². The molecule has 0 aliphatic carbocycles. The molecule has 0 unspecified atom stereocenters. The van der Waals surface area contributed by atoms with Crippen LogP contribution in [0.2, 0.25) is 0 Å². The van der Waals surface area contributed by atoms with E-state index in [1.54, 1.807) is 21.3 Å². The van der Waals surface area contributed by atoms with E-state index in [1.165, 1.54) is 5.56 Å². The number of benzene rings is 2. The summed E-state index contributed by atoms with van der Waals surface area (Å²) in [5.74, 6) is 1.89. The maximum absolute atomic E-state index is 5.35. The zero-order valence-corrected chi connectivity index (χ0v) is 11.6. The highest BCUT2D eigenvalue weighted by molar-refractivity contribution is 5.71. The summed E-state index contributed by atoms with van der Waals surface area (Å²) in [6.07, 6.45) is 0. The van der Waals surface area contributed by atoms with Gasteiger partial charge >= 0.3 is 0 Å². The first-order chi connectivity index (χ1) is 9.19. The van der Waals surface area contributed by atoms with Gasteiger partial charge in [0, 0.05) is 0 Å². The fourth-order valence-electron chi connectivity index (χ4n) is 1.98. The Balaban J connectivity index is 2.59. The van der Waals surface area contributed by atoms with Crippen LogP contribution in [0.5, 0.6) is 17.2 Å². The Labute approximate surface area is 113 Å². The molecule has 0 saturated heterocycles. The van der Waals surface area contributed by atoms with E-state index in [1.807, 2.05) is 24.3 Å². The molecule has 19 heavy (non-hydrogen) atoms. The van der Waals surface area contributed by atoms with Gasteiger partial charge in [0.15, 0.2) is 11.5 Å². The standard InChI is InChI=1S/C16H17O3/c1-11-6-5-7-12(8-11)13-9-14(17-2)16(19-4)15(10-13)18-3/h5-6,8-10H,1-4H3. The second-order valence-corrected chi connectivity index (χ2v) is 4.19. The first-order valence-electron chi connectivity index (χ1n) is 5.98. The van der Waals surface area contributed by atoms with Crippen molar-refractivity contribution >= 4 is 0 Å². The Morgan fingerprint density at radius 1 is 0.895 bits per heavy atom. The molecule has 2 rings (SSSR count). The topological polar surface area (TPSA) is 27.7 Å². The molecule has 0 aliphatic rings. The molecule has 0 aliphatic heterocycles. The minimum Gasteiger partial charge on any atom is -0.493 e. The first kappa shape index (κ1) is 13.3. The number of methoxy groups -OCH3 is 3. The number of hydrogen-bond acceptors (Lipinski definition) is 3. The summed E-state index contributed by atoms with van der Waals surface area (Å²) in [5.41, 5.74) is 3.17. The molecule has 0 atom stereocenters. The van der Waals surface area contributed by atoms with Gasteiger partial charge in [0.1, 0.15) is 0 Å². The minimum absolute atomic E-state index is 0.599. The second-order valence-electron chi connectivity index (χ2n) is 4.19. The van der Waals surface area contributed by atoms with E-state index in [4.69, 9.17) is 14.2 Å². The van der Waals surface area contributed by atoms with Gasteiger partial charge in [0.2, 0.25) is 5.75 Å². The van der Waals surface area contributed by atoms with Crippen molar-refractivity contribution in [1.82, 2.24) is 0 Å².